The molecule has 0 saturated heterocycles. The van der Waals surface area contributed by atoms with E-state index in [9.17, 15) is 8.42 Å². The minimum Gasteiger partial charge on any atom is -0.370 e. The predicted molar refractivity (Wildman–Crippen MR) is 102 cm³/mol. The van der Waals surface area contributed by atoms with Crippen molar-refractivity contribution in [2.75, 3.05) is 0 Å². The van der Waals surface area contributed by atoms with E-state index < -0.39 is 10.4 Å². The van der Waals surface area contributed by atoms with Gasteiger partial charge in [0.25, 0.3) is 0 Å². The van der Waals surface area contributed by atoms with Gasteiger partial charge in [-0.05, 0) is 97.9 Å². The first-order valence-electron chi connectivity index (χ1n) is 10.6. The highest BCUT2D eigenvalue weighted by atomic mass is 32.3. The number of rotatable bonds is 3. The lowest BCUT2D eigenvalue weighted by Crippen LogP contribution is -2.52. The molecule has 0 aromatic carbocycles. The van der Waals surface area contributed by atoms with Gasteiger partial charge in [0.2, 0.25) is 0 Å². The maximum absolute atomic E-state index is 10.8. The minimum atomic E-state index is -4.39. The van der Waals surface area contributed by atoms with Gasteiger partial charge in [-0.15, -0.1) is 0 Å². The Balaban J connectivity index is 1.53. The molecule has 4 fully saturated rings. The quantitative estimate of drug-likeness (QED) is 0.526. The van der Waals surface area contributed by atoms with Gasteiger partial charge in [-0.1, -0.05) is 26.7 Å². The second-order valence-electron chi connectivity index (χ2n) is 9.98. The molecule has 0 heterocycles. The standard InChI is InChI=1S/C21H34O4S/c1-20-12-4-3-5-15(20)6-8-17-18-9-7-16(11-14-25-26(22,23)24)21(18,2)13-10-19(17)20/h11,14-19H,3-10,12-13H2,1-2H3,(H,22,23,24)/t15?,16-,17+,18+,19+,20+,21-/m1/s1. The van der Waals surface area contributed by atoms with E-state index in [4.69, 9.17) is 4.55 Å². The molecule has 1 unspecified atom stereocenters. The molecule has 0 radical (unpaired) electrons. The van der Waals surface area contributed by atoms with E-state index in [0.717, 1.165) is 30.1 Å². The molecular weight excluding hydrogens is 348 g/mol. The smallest absolute Gasteiger partial charge is 0.370 e. The number of hydrogen-bond acceptors (Lipinski definition) is 3. The molecule has 0 aromatic rings. The Hall–Kier alpha value is -0.550. The molecule has 5 heteroatoms. The van der Waals surface area contributed by atoms with Crippen molar-refractivity contribution in [3.63, 3.8) is 0 Å². The topological polar surface area (TPSA) is 63.6 Å². The van der Waals surface area contributed by atoms with Crippen molar-refractivity contribution in [3.8, 4) is 0 Å². The van der Waals surface area contributed by atoms with E-state index in [1.807, 2.05) is 6.08 Å². The van der Waals surface area contributed by atoms with Gasteiger partial charge < -0.3 is 4.18 Å². The van der Waals surface area contributed by atoms with Crippen molar-refractivity contribution in [1.29, 1.82) is 0 Å². The highest BCUT2D eigenvalue weighted by molar-refractivity contribution is 7.81. The van der Waals surface area contributed by atoms with Crippen LogP contribution in [0.15, 0.2) is 12.3 Å². The fraction of sp³-hybridized carbons (Fsp3) is 0.905. The Morgan fingerprint density at radius 2 is 1.69 bits per heavy atom. The van der Waals surface area contributed by atoms with Gasteiger partial charge >= 0.3 is 10.4 Å². The first kappa shape index (κ1) is 18.8. The Kier molecular flexibility index (Phi) is 4.71. The summed E-state index contributed by atoms with van der Waals surface area (Å²) in [6, 6.07) is 0. The van der Waals surface area contributed by atoms with Crippen LogP contribution in [0.5, 0.6) is 0 Å². The van der Waals surface area contributed by atoms with Crippen molar-refractivity contribution >= 4 is 10.4 Å². The van der Waals surface area contributed by atoms with Crippen LogP contribution in [0.4, 0.5) is 0 Å². The second kappa shape index (κ2) is 6.51. The van der Waals surface area contributed by atoms with Gasteiger partial charge in [-0.25, -0.2) is 0 Å². The lowest BCUT2D eigenvalue weighted by Gasteiger charge is -2.60. The first-order chi connectivity index (χ1) is 12.2. The number of fused-ring (bicyclic) bond motifs is 5. The molecule has 0 spiro atoms. The van der Waals surface area contributed by atoms with Crippen LogP contribution in [0, 0.1) is 40.4 Å². The largest absolute Gasteiger partial charge is 0.445 e. The van der Waals surface area contributed by atoms with Crippen LogP contribution in [-0.2, 0) is 14.6 Å². The third-order valence-corrected chi connectivity index (χ3v) is 9.50. The van der Waals surface area contributed by atoms with E-state index in [1.165, 1.54) is 64.0 Å². The van der Waals surface area contributed by atoms with Gasteiger partial charge in [0.05, 0.1) is 0 Å². The van der Waals surface area contributed by atoms with Crippen molar-refractivity contribution in [2.45, 2.75) is 78.1 Å². The van der Waals surface area contributed by atoms with Crippen molar-refractivity contribution in [3.05, 3.63) is 12.3 Å². The van der Waals surface area contributed by atoms with Crippen LogP contribution in [0.3, 0.4) is 0 Å². The molecule has 4 aliphatic rings. The van der Waals surface area contributed by atoms with E-state index in [1.54, 1.807) is 0 Å². The lowest BCUT2D eigenvalue weighted by molar-refractivity contribution is -0.107. The van der Waals surface area contributed by atoms with Crippen LogP contribution < -0.4 is 0 Å². The molecule has 1 N–H and O–H groups in total. The van der Waals surface area contributed by atoms with E-state index >= 15 is 0 Å². The summed E-state index contributed by atoms with van der Waals surface area (Å²) in [6.07, 6.45) is 16.5. The van der Waals surface area contributed by atoms with Gasteiger partial charge in [-0.3, -0.25) is 4.55 Å². The summed E-state index contributed by atoms with van der Waals surface area (Å²) >= 11 is 0. The van der Waals surface area contributed by atoms with Gasteiger partial charge in [0.15, 0.2) is 0 Å². The summed E-state index contributed by atoms with van der Waals surface area (Å²) in [5.41, 5.74) is 0.808. The summed E-state index contributed by atoms with van der Waals surface area (Å²) in [5.74, 6) is 3.78. The Bertz CT molecular complexity index is 671. The zero-order valence-electron chi connectivity index (χ0n) is 16.2. The summed E-state index contributed by atoms with van der Waals surface area (Å²) in [5, 5.41) is 0. The molecule has 0 aromatic heterocycles. The summed E-state index contributed by atoms with van der Waals surface area (Å²) < 4.78 is 34.8. The SMILES string of the molecule is C[C@]12CC[C@H]3[C@@H](CCC4CCCC[C@@]43C)[C@@H]1CC[C@@H]2C=COS(=O)(=O)O. The summed E-state index contributed by atoms with van der Waals surface area (Å²) in [6.45, 7) is 5.02. The van der Waals surface area contributed by atoms with E-state index in [2.05, 4.69) is 18.0 Å². The molecule has 0 aliphatic heterocycles. The molecule has 7 atom stereocenters. The maximum atomic E-state index is 10.8. The number of allylic oxidation sites excluding steroid dienone is 1. The van der Waals surface area contributed by atoms with Crippen LogP contribution in [-0.4, -0.2) is 13.0 Å². The zero-order chi connectivity index (χ0) is 18.6. The van der Waals surface area contributed by atoms with Gasteiger partial charge in [-0.2, -0.15) is 8.42 Å². The first-order valence-corrected chi connectivity index (χ1v) is 11.9. The highest BCUT2D eigenvalue weighted by Crippen LogP contribution is 2.67. The second-order valence-corrected chi connectivity index (χ2v) is 11.0. The fourth-order valence-corrected chi connectivity index (χ4v) is 8.05. The predicted octanol–water partition coefficient (Wildman–Crippen LogP) is 5.37. The van der Waals surface area contributed by atoms with Crippen molar-refractivity contribution in [1.82, 2.24) is 0 Å². The average Bonchev–Trinajstić information content (AvgIpc) is 2.90. The average molecular weight is 383 g/mol. The van der Waals surface area contributed by atoms with Crippen molar-refractivity contribution < 1.29 is 17.2 Å². The van der Waals surface area contributed by atoms with E-state index in [-0.39, 0.29) is 5.41 Å². The number of hydrogen-bond donors (Lipinski definition) is 1. The monoisotopic (exact) mass is 382 g/mol. The van der Waals surface area contributed by atoms with Crippen LogP contribution in [0.1, 0.15) is 78.1 Å². The Morgan fingerprint density at radius 3 is 2.46 bits per heavy atom. The van der Waals surface area contributed by atoms with E-state index in [0.29, 0.717) is 11.3 Å². The third-order valence-electron chi connectivity index (χ3n) is 9.14. The van der Waals surface area contributed by atoms with Crippen LogP contribution in [0.25, 0.3) is 0 Å². The minimum absolute atomic E-state index is 0.248. The molecule has 0 bridgehead atoms. The zero-order valence-corrected chi connectivity index (χ0v) is 17.0. The molecule has 4 aliphatic carbocycles. The molecule has 26 heavy (non-hydrogen) atoms. The summed E-state index contributed by atoms with van der Waals surface area (Å²) in [4.78, 5) is 0. The maximum Gasteiger partial charge on any atom is 0.445 e. The Morgan fingerprint density at radius 1 is 0.923 bits per heavy atom. The summed E-state index contributed by atoms with van der Waals surface area (Å²) in [7, 11) is -4.39. The van der Waals surface area contributed by atoms with Gasteiger partial charge in [0, 0.05) is 0 Å². The normalized spacial score (nSPS) is 48.7. The molecule has 4 saturated carbocycles. The fourth-order valence-electron chi connectivity index (χ4n) is 7.85. The highest BCUT2D eigenvalue weighted by Gasteiger charge is 2.59. The van der Waals surface area contributed by atoms with Gasteiger partial charge in [0.1, 0.15) is 6.26 Å². The lowest BCUT2D eigenvalue weighted by atomic mass is 9.45. The van der Waals surface area contributed by atoms with Crippen LogP contribution in [0.2, 0.25) is 0 Å². The molecule has 4 nitrogen and oxygen atoms in total. The molecule has 148 valence electrons. The molecular formula is C21H34O4S. The van der Waals surface area contributed by atoms with Crippen molar-refractivity contribution in [2.24, 2.45) is 40.4 Å². The molecule has 0 amide bonds. The third kappa shape index (κ3) is 3.03. The van der Waals surface area contributed by atoms with Crippen LogP contribution >= 0.6 is 0 Å². The Labute approximate surface area is 158 Å². The molecule has 4 rings (SSSR count).